The first-order valence-electron chi connectivity index (χ1n) is 11.2. The van der Waals surface area contributed by atoms with E-state index in [4.69, 9.17) is 4.98 Å². The van der Waals surface area contributed by atoms with Gasteiger partial charge in [0.2, 0.25) is 11.9 Å². The topological polar surface area (TPSA) is 104 Å². The van der Waals surface area contributed by atoms with Crippen LogP contribution < -0.4 is 21.3 Å². The molecule has 170 valence electrons. The highest BCUT2D eigenvalue weighted by molar-refractivity contribution is 6.00. The summed E-state index contributed by atoms with van der Waals surface area (Å²) < 4.78 is 0. The number of anilines is 4. The molecule has 1 aliphatic rings. The number of nitrogens with zero attached hydrogens (tertiary/aromatic N) is 3. The van der Waals surface area contributed by atoms with E-state index in [9.17, 15) is 4.79 Å². The maximum atomic E-state index is 11.7. The van der Waals surface area contributed by atoms with Gasteiger partial charge in [0.1, 0.15) is 5.82 Å². The van der Waals surface area contributed by atoms with Crippen molar-refractivity contribution in [3.05, 3.63) is 79.6 Å². The summed E-state index contributed by atoms with van der Waals surface area (Å²) in [5, 5.41) is 13.8. The van der Waals surface area contributed by atoms with E-state index in [-0.39, 0.29) is 5.91 Å². The van der Waals surface area contributed by atoms with Crippen molar-refractivity contribution in [1.82, 2.24) is 20.3 Å². The van der Waals surface area contributed by atoms with Gasteiger partial charge in [-0.05, 0) is 48.9 Å². The molecule has 0 aliphatic carbocycles. The van der Waals surface area contributed by atoms with Crippen LogP contribution >= 0.6 is 0 Å². The number of para-hydroxylation sites is 1. The lowest BCUT2D eigenvalue weighted by molar-refractivity contribution is -0.111. The van der Waals surface area contributed by atoms with Gasteiger partial charge in [-0.2, -0.15) is 0 Å². The second-order valence-corrected chi connectivity index (χ2v) is 8.10. The van der Waals surface area contributed by atoms with Crippen LogP contribution in [-0.2, 0) is 4.79 Å². The van der Waals surface area contributed by atoms with Gasteiger partial charge in [0.25, 0.3) is 0 Å². The third-order valence-electron chi connectivity index (χ3n) is 5.67. The lowest BCUT2D eigenvalue weighted by atomic mass is 10.0. The first-order chi connectivity index (χ1) is 16.7. The number of aromatic nitrogens is 3. The molecule has 0 unspecified atom stereocenters. The second kappa shape index (κ2) is 9.68. The number of benzene rings is 2. The number of carbonyl (C=O) groups excluding carboxylic acids is 1. The molecule has 1 aliphatic heterocycles. The van der Waals surface area contributed by atoms with E-state index in [0.717, 1.165) is 53.0 Å². The maximum absolute atomic E-state index is 11.7. The van der Waals surface area contributed by atoms with E-state index in [1.807, 2.05) is 54.6 Å². The highest BCUT2D eigenvalue weighted by Crippen LogP contribution is 2.30. The first-order valence-corrected chi connectivity index (χ1v) is 11.2. The number of hydrogen-bond donors (Lipinski definition) is 4. The van der Waals surface area contributed by atoms with Crippen molar-refractivity contribution in [2.45, 2.75) is 12.5 Å². The molecule has 34 heavy (non-hydrogen) atoms. The molecule has 0 spiro atoms. The van der Waals surface area contributed by atoms with Crippen molar-refractivity contribution >= 4 is 40.0 Å². The summed E-state index contributed by atoms with van der Waals surface area (Å²) in [6, 6.07) is 17.9. The molecule has 1 fully saturated rings. The zero-order valence-electron chi connectivity index (χ0n) is 18.6. The summed E-state index contributed by atoms with van der Waals surface area (Å²) in [5.41, 5.74) is 4.20. The van der Waals surface area contributed by atoms with Crippen molar-refractivity contribution in [3.63, 3.8) is 0 Å². The van der Waals surface area contributed by atoms with Crippen molar-refractivity contribution < 1.29 is 4.79 Å². The number of hydrogen-bond acceptors (Lipinski definition) is 7. The van der Waals surface area contributed by atoms with Crippen molar-refractivity contribution in [1.29, 1.82) is 0 Å². The molecular weight excluding hydrogens is 426 g/mol. The molecule has 1 saturated heterocycles. The van der Waals surface area contributed by atoms with Gasteiger partial charge >= 0.3 is 0 Å². The van der Waals surface area contributed by atoms with E-state index < -0.39 is 0 Å². The Labute approximate surface area is 197 Å². The second-order valence-electron chi connectivity index (χ2n) is 8.10. The Balaban J connectivity index is 1.39. The van der Waals surface area contributed by atoms with Crippen LogP contribution in [0.15, 0.2) is 79.6 Å². The van der Waals surface area contributed by atoms with Crippen LogP contribution in [0.1, 0.15) is 6.42 Å². The average Bonchev–Trinajstić information content (AvgIpc) is 3.38. The molecule has 2 aromatic carbocycles. The zero-order chi connectivity index (χ0) is 23.3. The fourth-order valence-electron chi connectivity index (χ4n) is 3.98. The molecule has 2 aromatic heterocycles. The monoisotopic (exact) mass is 451 g/mol. The molecule has 0 saturated carbocycles. The summed E-state index contributed by atoms with van der Waals surface area (Å²) in [4.78, 5) is 25.5. The summed E-state index contributed by atoms with van der Waals surface area (Å²) in [5.74, 6) is 1.08. The van der Waals surface area contributed by atoms with Gasteiger partial charge < -0.3 is 21.3 Å². The molecule has 8 heteroatoms. The van der Waals surface area contributed by atoms with Gasteiger partial charge in [-0.3, -0.25) is 4.79 Å². The number of amides is 1. The standard InChI is InChI=1S/C26H25N7O/c1-2-24(34)31-19-7-3-5-17(13-19)22-8-4-6-18-14-29-26(33-25(18)22)32-20-9-10-23(28-16-20)30-21-11-12-27-15-21/h2-10,13-14,16,21,27H,1,11-12,15H2,(H,28,30)(H,31,34)(H,29,32,33)/t21-/m1/s1. The predicted octanol–water partition coefficient (Wildman–Crippen LogP) is 4.33. The van der Waals surface area contributed by atoms with E-state index in [1.54, 1.807) is 12.4 Å². The SMILES string of the molecule is C=CC(=O)Nc1cccc(-c2cccc3cnc(Nc4ccc(N[C@@H]5CCNC5)nc4)nc23)c1. The van der Waals surface area contributed by atoms with Gasteiger partial charge in [-0.25, -0.2) is 15.0 Å². The molecule has 0 radical (unpaired) electrons. The minimum Gasteiger partial charge on any atom is -0.366 e. The molecule has 3 heterocycles. The van der Waals surface area contributed by atoms with Crippen LogP contribution in [0.2, 0.25) is 0 Å². The lowest BCUT2D eigenvalue weighted by Gasteiger charge is -2.13. The Kier molecular flexibility index (Phi) is 6.13. The van der Waals surface area contributed by atoms with Gasteiger partial charge in [-0.1, -0.05) is 36.9 Å². The molecule has 8 nitrogen and oxygen atoms in total. The molecule has 4 aromatic rings. The summed E-state index contributed by atoms with van der Waals surface area (Å²) in [7, 11) is 0. The minimum atomic E-state index is -0.251. The quantitative estimate of drug-likeness (QED) is 0.310. The Morgan fingerprint density at radius 2 is 1.97 bits per heavy atom. The number of carbonyl (C=O) groups is 1. The fraction of sp³-hybridized carbons (Fsp3) is 0.154. The Bertz CT molecular complexity index is 1330. The van der Waals surface area contributed by atoms with Gasteiger partial charge in [-0.15, -0.1) is 0 Å². The largest absolute Gasteiger partial charge is 0.366 e. The van der Waals surface area contributed by atoms with E-state index >= 15 is 0 Å². The number of rotatable bonds is 7. The average molecular weight is 452 g/mol. The molecular formula is C26H25N7O. The van der Waals surface area contributed by atoms with Crippen LogP contribution in [0.3, 0.4) is 0 Å². The summed E-state index contributed by atoms with van der Waals surface area (Å²) in [6.45, 7) is 5.49. The van der Waals surface area contributed by atoms with E-state index in [0.29, 0.717) is 17.7 Å². The van der Waals surface area contributed by atoms with Gasteiger partial charge in [0.05, 0.1) is 17.4 Å². The molecule has 1 atom stereocenters. The summed E-state index contributed by atoms with van der Waals surface area (Å²) in [6.07, 6.45) is 5.92. The maximum Gasteiger partial charge on any atom is 0.247 e. The van der Waals surface area contributed by atoms with Crippen LogP contribution in [-0.4, -0.2) is 40.0 Å². The molecule has 5 rings (SSSR count). The number of pyridine rings is 1. The van der Waals surface area contributed by atoms with Crippen LogP contribution in [0, 0.1) is 0 Å². The zero-order valence-corrected chi connectivity index (χ0v) is 18.6. The highest BCUT2D eigenvalue weighted by Gasteiger charge is 2.14. The fourth-order valence-corrected chi connectivity index (χ4v) is 3.98. The molecule has 4 N–H and O–H groups in total. The van der Waals surface area contributed by atoms with Gasteiger partial charge in [0, 0.05) is 35.4 Å². The summed E-state index contributed by atoms with van der Waals surface area (Å²) >= 11 is 0. The smallest absolute Gasteiger partial charge is 0.247 e. The van der Waals surface area contributed by atoms with Crippen LogP contribution in [0.5, 0.6) is 0 Å². The molecule has 0 bridgehead atoms. The molecule has 1 amide bonds. The van der Waals surface area contributed by atoms with Crippen molar-refractivity contribution in [3.8, 4) is 11.1 Å². The first kappa shape index (κ1) is 21.5. The van der Waals surface area contributed by atoms with E-state index in [2.05, 4.69) is 37.8 Å². The van der Waals surface area contributed by atoms with Crippen LogP contribution in [0.4, 0.5) is 23.1 Å². The highest BCUT2D eigenvalue weighted by atomic mass is 16.1. The predicted molar refractivity (Wildman–Crippen MR) is 136 cm³/mol. The van der Waals surface area contributed by atoms with Crippen LogP contribution in [0.25, 0.3) is 22.0 Å². The van der Waals surface area contributed by atoms with E-state index in [1.165, 1.54) is 6.08 Å². The third-order valence-corrected chi connectivity index (χ3v) is 5.67. The third kappa shape index (κ3) is 4.87. The minimum absolute atomic E-state index is 0.251. The van der Waals surface area contributed by atoms with Crippen molar-refractivity contribution in [2.75, 3.05) is 29.0 Å². The Morgan fingerprint density at radius 3 is 2.76 bits per heavy atom. The Morgan fingerprint density at radius 1 is 1.06 bits per heavy atom. The number of nitrogens with one attached hydrogen (secondary N) is 4. The Hall–Kier alpha value is -4.30. The number of fused-ring (bicyclic) bond motifs is 1. The normalized spacial score (nSPS) is 15.1. The van der Waals surface area contributed by atoms with Gasteiger partial charge in [0.15, 0.2) is 0 Å². The van der Waals surface area contributed by atoms with Crippen molar-refractivity contribution in [2.24, 2.45) is 0 Å². The lowest BCUT2D eigenvalue weighted by Crippen LogP contribution is -2.22.